The van der Waals surface area contributed by atoms with Crippen LogP contribution in [0.3, 0.4) is 0 Å². The largest absolute Gasteiger partial charge is 0.332 e. The summed E-state index contributed by atoms with van der Waals surface area (Å²) < 4.78 is 0.803. The summed E-state index contributed by atoms with van der Waals surface area (Å²) in [6.45, 7) is 1.79. The molecule has 0 saturated carbocycles. The first-order valence-electron chi connectivity index (χ1n) is 6.50. The van der Waals surface area contributed by atoms with E-state index >= 15 is 0 Å². The number of hydrogen-bond donors (Lipinski definition) is 2. The zero-order valence-electron chi connectivity index (χ0n) is 12.0. The molecule has 23 heavy (non-hydrogen) atoms. The van der Waals surface area contributed by atoms with Crippen molar-refractivity contribution < 1.29 is 9.72 Å². The Balaban J connectivity index is 2.11. The number of nitrogens with zero attached hydrogens (tertiary/aromatic N) is 1. The minimum atomic E-state index is -0.488. The van der Waals surface area contributed by atoms with Crippen molar-refractivity contribution in [1.29, 1.82) is 0 Å². The maximum atomic E-state index is 12.2. The molecule has 0 spiro atoms. The van der Waals surface area contributed by atoms with E-state index in [1.54, 1.807) is 25.1 Å². The highest BCUT2D eigenvalue weighted by Gasteiger charge is 2.13. The average Bonchev–Trinajstić information content (AvgIpc) is 2.49. The number of halogens is 1. The summed E-state index contributed by atoms with van der Waals surface area (Å²) in [5.74, 6) is -0.337. The lowest BCUT2D eigenvalue weighted by Crippen LogP contribution is -2.34. The Morgan fingerprint density at radius 1 is 1.26 bits per heavy atom. The summed E-state index contributed by atoms with van der Waals surface area (Å²) in [6.07, 6.45) is 0. The van der Waals surface area contributed by atoms with E-state index in [9.17, 15) is 14.9 Å². The second-order valence-electron chi connectivity index (χ2n) is 4.64. The van der Waals surface area contributed by atoms with Gasteiger partial charge in [0.25, 0.3) is 11.6 Å². The average molecular weight is 441 g/mol. The van der Waals surface area contributed by atoms with Gasteiger partial charge in [-0.15, -0.1) is 0 Å². The number of thiocarbonyl (C=S) groups is 1. The number of carbonyl (C=O) groups excluding carboxylic acids is 1. The molecule has 0 aliphatic carbocycles. The smallest absolute Gasteiger partial charge is 0.271 e. The predicted molar refractivity (Wildman–Crippen MR) is 101 cm³/mol. The highest BCUT2D eigenvalue weighted by atomic mass is 127. The van der Waals surface area contributed by atoms with Crippen LogP contribution in [0.5, 0.6) is 0 Å². The monoisotopic (exact) mass is 441 g/mol. The molecular formula is C15H12IN3O3S. The molecule has 0 fully saturated rings. The van der Waals surface area contributed by atoms with Gasteiger partial charge in [0.1, 0.15) is 0 Å². The number of carbonyl (C=O) groups is 1. The Labute approximate surface area is 151 Å². The van der Waals surface area contributed by atoms with E-state index in [0.717, 1.165) is 9.13 Å². The standard InChI is InChI=1S/C15H12IN3O3S/c1-9-6-7-10(19(21)22)8-13(9)17-15(23)18-14(20)11-4-2-3-5-12(11)16/h2-8H,1H3,(H2,17,18,20,23). The maximum absolute atomic E-state index is 12.2. The molecule has 2 N–H and O–H groups in total. The van der Waals surface area contributed by atoms with Crippen molar-refractivity contribution in [3.63, 3.8) is 0 Å². The lowest BCUT2D eigenvalue weighted by Gasteiger charge is -2.12. The minimum absolute atomic E-state index is 0.0511. The van der Waals surface area contributed by atoms with E-state index in [4.69, 9.17) is 12.2 Å². The van der Waals surface area contributed by atoms with Gasteiger partial charge in [-0.05, 0) is 59.4 Å². The van der Waals surface area contributed by atoms with E-state index in [1.807, 2.05) is 12.1 Å². The Hall–Kier alpha value is -2.07. The van der Waals surface area contributed by atoms with Crippen LogP contribution in [0.1, 0.15) is 15.9 Å². The maximum Gasteiger partial charge on any atom is 0.271 e. The number of nitro benzene ring substituents is 1. The van der Waals surface area contributed by atoms with Crippen molar-refractivity contribution in [2.24, 2.45) is 0 Å². The van der Waals surface area contributed by atoms with Gasteiger partial charge in [-0.25, -0.2) is 0 Å². The summed E-state index contributed by atoms with van der Waals surface area (Å²) in [6, 6.07) is 11.5. The molecule has 0 saturated heterocycles. The van der Waals surface area contributed by atoms with Crippen molar-refractivity contribution in [2.75, 3.05) is 5.32 Å². The first kappa shape index (κ1) is 17.3. The third kappa shape index (κ3) is 4.45. The lowest BCUT2D eigenvalue weighted by atomic mass is 10.2. The van der Waals surface area contributed by atoms with Crippen molar-refractivity contribution >= 4 is 57.2 Å². The van der Waals surface area contributed by atoms with Gasteiger partial charge in [-0.2, -0.15) is 0 Å². The van der Waals surface area contributed by atoms with Crippen LogP contribution in [0.2, 0.25) is 0 Å². The van der Waals surface area contributed by atoms with Crippen molar-refractivity contribution in [1.82, 2.24) is 5.32 Å². The number of non-ortho nitro benzene ring substituents is 1. The molecule has 0 aromatic heterocycles. The molecule has 0 aliphatic rings. The Bertz CT molecular complexity index is 795. The number of benzene rings is 2. The fourth-order valence-electron chi connectivity index (χ4n) is 1.83. The molecular weight excluding hydrogens is 429 g/mol. The number of amides is 1. The van der Waals surface area contributed by atoms with Crippen LogP contribution in [-0.2, 0) is 0 Å². The van der Waals surface area contributed by atoms with E-state index in [-0.39, 0.29) is 16.7 Å². The van der Waals surface area contributed by atoms with Crippen LogP contribution in [0, 0.1) is 20.6 Å². The van der Waals surface area contributed by atoms with Gasteiger partial charge >= 0.3 is 0 Å². The van der Waals surface area contributed by atoms with Gasteiger partial charge in [-0.3, -0.25) is 20.2 Å². The van der Waals surface area contributed by atoms with Crippen molar-refractivity contribution in [3.05, 3.63) is 67.3 Å². The van der Waals surface area contributed by atoms with Gasteiger partial charge in [-0.1, -0.05) is 18.2 Å². The van der Waals surface area contributed by atoms with Gasteiger partial charge in [0.2, 0.25) is 0 Å². The molecule has 2 aromatic rings. The summed E-state index contributed by atoms with van der Waals surface area (Å²) in [7, 11) is 0. The molecule has 0 atom stereocenters. The molecule has 118 valence electrons. The van der Waals surface area contributed by atoms with Crippen LogP contribution in [0.25, 0.3) is 0 Å². The van der Waals surface area contributed by atoms with Crippen molar-refractivity contribution in [2.45, 2.75) is 6.92 Å². The Morgan fingerprint density at radius 2 is 1.96 bits per heavy atom. The first-order valence-corrected chi connectivity index (χ1v) is 7.99. The molecule has 0 radical (unpaired) electrons. The number of aryl methyl sites for hydroxylation is 1. The fourth-order valence-corrected chi connectivity index (χ4v) is 2.66. The van der Waals surface area contributed by atoms with Gasteiger partial charge < -0.3 is 5.32 Å². The molecule has 6 nitrogen and oxygen atoms in total. The molecule has 2 aromatic carbocycles. The molecule has 0 aliphatic heterocycles. The lowest BCUT2D eigenvalue weighted by molar-refractivity contribution is -0.384. The topological polar surface area (TPSA) is 84.3 Å². The van der Waals surface area contributed by atoms with E-state index in [1.165, 1.54) is 12.1 Å². The second-order valence-corrected chi connectivity index (χ2v) is 6.21. The van der Waals surface area contributed by atoms with Crippen molar-refractivity contribution in [3.8, 4) is 0 Å². The fraction of sp³-hybridized carbons (Fsp3) is 0.0667. The summed E-state index contributed by atoms with van der Waals surface area (Å²) in [5.41, 5.74) is 1.71. The second kappa shape index (κ2) is 7.47. The summed E-state index contributed by atoms with van der Waals surface area (Å²) in [5, 5.41) is 16.3. The SMILES string of the molecule is Cc1ccc([N+](=O)[O-])cc1NC(=S)NC(=O)c1ccccc1I. The molecule has 1 amide bonds. The predicted octanol–water partition coefficient (Wildman–Crippen LogP) is 3.63. The van der Waals surface area contributed by atoms with Gasteiger partial charge in [0, 0.05) is 21.4 Å². The molecule has 0 heterocycles. The van der Waals surface area contributed by atoms with E-state index < -0.39 is 4.92 Å². The highest BCUT2D eigenvalue weighted by Crippen LogP contribution is 2.21. The Kier molecular flexibility index (Phi) is 5.61. The zero-order valence-corrected chi connectivity index (χ0v) is 15.0. The van der Waals surface area contributed by atoms with Crippen LogP contribution in [0.4, 0.5) is 11.4 Å². The number of rotatable bonds is 3. The molecule has 0 bridgehead atoms. The van der Waals surface area contributed by atoms with Gasteiger partial charge in [0.15, 0.2) is 5.11 Å². The number of anilines is 1. The minimum Gasteiger partial charge on any atom is -0.332 e. The Morgan fingerprint density at radius 3 is 2.61 bits per heavy atom. The van der Waals surface area contributed by atoms with Crippen LogP contribution < -0.4 is 10.6 Å². The van der Waals surface area contributed by atoms with E-state index in [2.05, 4.69) is 33.2 Å². The number of nitro groups is 1. The molecule has 2 rings (SSSR count). The molecule has 8 heteroatoms. The first-order chi connectivity index (χ1) is 10.9. The quantitative estimate of drug-likeness (QED) is 0.329. The zero-order chi connectivity index (χ0) is 17.0. The summed E-state index contributed by atoms with van der Waals surface area (Å²) in [4.78, 5) is 22.5. The van der Waals surface area contributed by atoms with Crippen LogP contribution in [0.15, 0.2) is 42.5 Å². The number of nitrogens with one attached hydrogen (secondary N) is 2. The number of hydrogen-bond acceptors (Lipinski definition) is 4. The van der Waals surface area contributed by atoms with E-state index in [0.29, 0.717) is 11.3 Å². The third-order valence-corrected chi connectivity index (χ3v) is 4.17. The van der Waals surface area contributed by atoms with Crippen LogP contribution >= 0.6 is 34.8 Å². The summed E-state index contributed by atoms with van der Waals surface area (Å²) >= 11 is 7.17. The third-order valence-electron chi connectivity index (χ3n) is 3.03. The molecule has 0 unspecified atom stereocenters. The highest BCUT2D eigenvalue weighted by molar-refractivity contribution is 14.1. The van der Waals surface area contributed by atoms with Crippen LogP contribution in [-0.4, -0.2) is 15.9 Å². The van der Waals surface area contributed by atoms with Gasteiger partial charge in [0.05, 0.1) is 10.5 Å². The normalized spacial score (nSPS) is 10.0.